The van der Waals surface area contributed by atoms with E-state index in [1.807, 2.05) is 24.3 Å². The van der Waals surface area contributed by atoms with Gasteiger partial charge < -0.3 is 4.74 Å². The van der Waals surface area contributed by atoms with Crippen molar-refractivity contribution in [1.82, 2.24) is 15.4 Å². The van der Waals surface area contributed by atoms with Crippen LogP contribution in [-0.2, 0) is 0 Å². The minimum Gasteiger partial charge on any atom is -0.497 e. The fraction of sp³-hybridized carbons (Fsp3) is 0.125. The predicted octanol–water partition coefficient (Wildman–Crippen LogP) is 0.0900. The van der Waals surface area contributed by atoms with Gasteiger partial charge in [-0.3, -0.25) is 0 Å². The number of H-pyrrole nitrogens is 1. The lowest BCUT2D eigenvalue weighted by atomic mass is 10.3. The summed E-state index contributed by atoms with van der Waals surface area (Å²) < 4.78 is 5.03. The van der Waals surface area contributed by atoms with Crippen molar-refractivity contribution < 1.29 is 9.53 Å². The molecule has 0 atom stereocenters. The Morgan fingerprint density at radius 2 is 2.08 bits per heavy atom. The Morgan fingerprint density at radius 1 is 1.31 bits per heavy atom. The van der Waals surface area contributed by atoms with Gasteiger partial charge in [-0.2, -0.15) is 0 Å². The second kappa shape index (κ2) is 3.22. The Bertz CT molecular complexity index is 368. The molecule has 1 heterocycles. The van der Waals surface area contributed by atoms with Crippen molar-refractivity contribution in [3.05, 3.63) is 30.6 Å². The van der Waals surface area contributed by atoms with Crippen LogP contribution < -0.4 is 9.53 Å². The Hall–Kier alpha value is -1.91. The van der Waals surface area contributed by atoms with E-state index in [-0.39, 0.29) is 0 Å². The minimum atomic E-state index is 0.823. The number of ether oxygens (including phenoxy) is 1. The zero-order valence-electron chi connectivity index (χ0n) is 7.14. The zero-order chi connectivity index (χ0) is 9.10. The fourth-order valence-electron chi connectivity index (χ4n) is 1.03. The number of methoxy groups -OCH3 is 1. The lowest BCUT2D eigenvalue weighted by Gasteiger charge is -1.97. The van der Waals surface area contributed by atoms with Crippen LogP contribution in [0.2, 0.25) is 0 Å². The number of benzene rings is 1. The maximum atomic E-state index is 5.03. The third-order valence-electron chi connectivity index (χ3n) is 1.69. The van der Waals surface area contributed by atoms with Gasteiger partial charge in [-0.05, 0) is 39.4 Å². The summed E-state index contributed by atoms with van der Waals surface area (Å²) in [6.07, 6.45) is 1.45. The summed E-state index contributed by atoms with van der Waals surface area (Å²) in [4.78, 5) is 1.57. The molecule has 0 bridgehead atoms. The first-order chi connectivity index (χ1) is 6.40. The molecule has 1 aromatic heterocycles. The van der Waals surface area contributed by atoms with Crippen LogP contribution in [0.4, 0.5) is 0 Å². The fourth-order valence-corrected chi connectivity index (χ4v) is 1.03. The molecule has 2 aromatic rings. The van der Waals surface area contributed by atoms with Gasteiger partial charge in [0.25, 0.3) is 6.33 Å². The Labute approximate surface area is 75.0 Å². The van der Waals surface area contributed by atoms with E-state index in [0.29, 0.717) is 0 Å². The van der Waals surface area contributed by atoms with Gasteiger partial charge in [-0.25, -0.2) is 0 Å². The monoisotopic (exact) mass is 177 g/mol. The zero-order valence-corrected chi connectivity index (χ0v) is 7.14. The summed E-state index contributed by atoms with van der Waals surface area (Å²) in [7, 11) is 1.64. The predicted molar refractivity (Wildman–Crippen MR) is 44.5 cm³/mol. The molecule has 0 saturated carbocycles. The number of aromatic nitrogens is 4. The summed E-state index contributed by atoms with van der Waals surface area (Å²) in [6.45, 7) is 0. The van der Waals surface area contributed by atoms with Crippen molar-refractivity contribution in [3.63, 3.8) is 0 Å². The van der Waals surface area contributed by atoms with E-state index in [1.54, 1.807) is 11.9 Å². The maximum absolute atomic E-state index is 5.03. The van der Waals surface area contributed by atoms with E-state index in [4.69, 9.17) is 4.74 Å². The number of aromatic amines is 1. The summed E-state index contributed by atoms with van der Waals surface area (Å²) in [6, 6.07) is 7.52. The summed E-state index contributed by atoms with van der Waals surface area (Å²) >= 11 is 0. The number of rotatable bonds is 2. The molecule has 0 spiro atoms. The van der Waals surface area contributed by atoms with Crippen LogP contribution in [0.15, 0.2) is 30.6 Å². The smallest absolute Gasteiger partial charge is 0.297 e. The SMILES string of the molecule is COc1ccc(-[n+]2ncn[nH]2)cc1. The quantitative estimate of drug-likeness (QED) is 0.661. The van der Waals surface area contributed by atoms with Gasteiger partial charge in [0.2, 0.25) is 0 Å². The van der Waals surface area contributed by atoms with E-state index >= 15 is 0 Å². The van der Waals surface area contributed by atoms with Crippen LogP contribution in [-0.4, -0.2) is 22.5 Å². The van der Waals surface area contributed by atoms with Crippen LogP contribution in [0.1, 0.15) is 0 Å². The van der Waals surface area contributed by atoms with Crippen molar-refractivity contribution in [3.8, 4) is 11.4 Å². The second-order valence-corrected chi connectivity index (χ2v) is 2.47. The largest absolute Gasteiger partial charge is 0.497 e. The molecule has 0 aliphatic carbocycles. The number of hydrogen-bond donors (Lipinski definition) is 1. The van der Waals surface area contributed by atoms with E-state index in [9.17, 15) is 0 Å². The highest BCUT2D eigenvalue weighted by molar-refractivity contribution is 5.30. The first kappa shape index (κ1) is 7.72. The van der Waals surface area contributed by atoms with Gasteiger partial charge in [0, 0.05) is 0 Å². The molecule has 5 nitrogen and oxygen atoms in total. The van der Waals surface area contributed by atoms with Crippen LogP contribution in [0.25, 0.3) is 5.69 Å². The Kier molecular flexibility index (Phi) is 1.91. The Morgan fingerprint density at radius 3 is 2.62 bits per heavy atom. The molecule has 0 fully saturated rings. The molecule has 0 aliphatic rings. The van der Waals surface area contributed by atoms with Gasteiger partial charge in [0.1, 0.15) is 5.75 Å². The van der Waals surface area contributed by atoms with Crippen LogP contribution in [0.5, 0.6) is 5.75 Å². The summed E-state index contributed by atoms with van der Waals surface area (Å²) in [5, 5.41) is 10.4. The first-order valence-corrected chi connectivity index (χ1v) is 3.82. The topological polar surface area (TPSA) is 54.7 Å². The molecular weight excluding hydrogens is 168 g/mol. The molecule has 5 heteroatoms. The summed E-state index contributed by atoms with van der Waals surface area (Å²) in [5.41, 5.74) is 0.915. The minimum absolute atomic E-state index is 0.823. The third kappa shape index (κ3) is 1.48. The van der Waals surface area contributed by atoms with Crippen molar-refractivity contribution >= 4 is 0 Å². The number of nitrogens with zero attached hydrogens (tertiary/aromatic N) is 3. The van der Waals surface area contributed by atoms with Gasteiger partial charge >= 0.3 is 0 Å². The van der Waals surface area contributed by atoms with E-state index < -0.39 is 0 Å². The molecule has 1 N–H and O–H groups in total. The lowest BCUT2D eigenvalue weighted by Crippen LogP contribution is -2.35. The van der Waals surface area contributed by atoms with Crippen LogP contribution in [0, 0.1) is 0 Å². The maximum Gasteiger partial charge on any atom is 0.297 e. The van der Waals surface area contributed by atoms with Crippen LogP contribution >= 0.6 is 0 Å². The van der Waals surface area contributed by atoms with Crippen molar-refractivity contribution in [1.29, 1.82) is 0 Å². The normalized spacial score (nSPS) is 9.92. The third-order valence-corrected chi connectivity index (χ3v) is 1.69. The molecule has 1 aromatic carbocycles. The molecular formula is C8H9N4O+. The first-order valence-electron chi connectivity index (χ1n) is 3.82. The second-order valence-electron chi connectivity index (χ2n) is 2.47. The summed E-state index contributed by atoms with van der Waals surface area (Å²) in [5.74, 6) is 0.823. The average Bonchev–Trinajstić information content (AvgIpc) is 2.71. The standard InChI is InChI=1S/C8H8N4O/c1-13-8-4-2-7(3-5-8)12-10-6-9-11-12/h2-6H,1H3/p+1. The number of nitrogens with one attached hydrogen (secondary N) is 1. The number of tetrazole rings is 1. The molecule has 0 radical (unpaired) electrons. The molecule has 0 amide bonds. The highest BCUT2D eigenvalue weighted by Crippen LogP contribution is 2.09. The van der Waals surface area contributed by atoms with Crippen molar-refractivity contribution in [2.75, 3.05) is 7.11 Å². The van der Waals surface area contributed by atoms with Gasteiger partial charge in [0.05, 0.1) is 12.2 Å². The van der Waals surface area contributed by atoms with E-state index in [2.05, 4.69) is 15.4 Å². The molecule has 0 unspecified atom stereocenters. The van der Waals surface area contributed by atoms with Gasteiger partial charge in [-0.15, -0.1) is 0 Å². The molecule has 13 heavy (non-hydrogen) atoms. The molecule has 66 valence electrons. The highest BCUT2D eigenvalue weighted by atomic mass is 16.5. The van der Waals surface area contributed by atoms with Crippen molar-refractivity contribution in [2.45, 2.75) is 0 Å². The molecule has 2 rings (SSSR count). The van der Waals surface area contributed by atoms with Gasteiger partial charge in [0.15, 0.2) is 5.69 Å². The molecule has 0 aliphatic heterocycles. The number of hydrogen-bond acceptors (Lipinski definition) is 3. The van der Waals surface area contributed by atoms with Gasteiger partial charge in [-0.1, -0.05) is 0 Å². The van der Waals surface area contributed by atoms with E-state index in [1.165, 1.54) is 6.33 Å². The van der Waals surface area contributed by atoms with Crippen LogP contribution in [0.3, 0.4) is 0 Å². The lowest BCUT2D eigenvalue weighted by molar-refractivity contribution is -0.716. The Balaban J connectivity index is 2.33. The molecule has 0 saturated heterocycles. The average molecular weight is 177 g/mol. The van der Waals surface area contributed by atoms with Crippen molar-refractivity contribution in [2.24, 2.45) is 0 Å². The van der Waals surface area contributed by atoms with E-state index in [0.717, 1.165) is 11.4 Å². The highest BCUT2D eigenvalue weighted by Gasteiger charge is 2.03.